The van der Waals surface area contributed by atoms with E-state index in [2.05, 4.69) is 13.0 Å². The lowest BCUT2D eigenvalue weighted by Gasteiger charge is -2.32. The van der Waals surface area contributed by atoms with Crippen molar-refractivity contribution in [2.45, 2.75) is 51.1 Å². The molecule has 0 bridgehead atoms. The van der Waals surface area contributed by atoms with Crippen LogP contribution in [0.1, 0.15) is 37.8 Å². The molecule has 22 heavy (non-hydrogen) atoms. The van der Waals surface area contributed by atoms with Gasteiger partial charge < -0.3 is 14.0 Å². The summed E-state index contributed by atoms with van der Waals surface area (Å²) in [6.07, 6.45) is 0.607. The summed E-state index contributed by atoms with van der Waals surface area (Å²) in [4.78, 5) is 12.8. The third-order valence-electron chi connectivity index (χ3n) is 5.02. The highest BCUT2D eigenvalue weighted by molar-refractivity contribution is 5.84. The molecule has 1 aliphatic carbocycles. The maximum atomic E-state index is 12.8. The highest BCUT2D eigenvalue weighted by atomic mass is 16.8. The first-order valence-electron chi connectivity index (χ1n) is 7.85. The van der Waals surface area contributed by atoms with Gasteiger partial charge in [-0.15, -0.1) is 0 Å². The lowest BCUT2D eigenvalue weighted by molar-refractivity contribution is -0.146. The van der Waals surface area contributed by atoms with Gasteiger partial charge in [-0.1, -0.05) is 25.1 Å². The van der Waals surface area contributed by atoms with Crippen molar-refractivity contribution in [3.63, 3.8) is 0 Å². The second kappa shape index (κ2) is 4.43. The molecule has 2 aromatic rings. The summed E-state index contributed by atoms with van der Waals surface area (Å²) in [5.74, 6) is -0.429. The highest BCUT2D eigenvalue weighted by Gasteiger charge is 2.48. The molecular weight excluding hydrogens is 278 g/mol. The molecule has 3 atom stereocenters. The molecule has 0 radical (unpaired) electrons. The second-order valence-corrected chi connectivity index (χ2v) is 6.90. The minimum absolute atomic E-state index is 0.0120. The highest BCUT2D eigenvalue weighted by Crippen LogP contribution is 2.43. The van der Waals surface area contributed by atoms with Gasteiger partial charge in [-0.3, -0.25) is 4.79 Å². The molecule has 4 nitrogen and oxygen atoms in total. The minimum atomic E-state index is -0.577. The Bertz CT molecular complexity index is 821. The van der Waals surface area contributed by atoms with Gasteiger partial charge >= 0.3 is 0 Å². The average molecular weight is 299 g/mol. The molecule has 2 heterocycles. The number of hydrogen-bond donors (Lipinski definition) is 0. The Balaban J connectivity index is 1.99. The van der Waals surface area contributed by atoms with E-state index in [4.69, 9.17) is 9.47 Å². The smallest absolute Gasteiger partial charge is 0.254 e. The number of fused-ring (bicyclic) bond motifs is 4. The Kier molecular flexibility index (Phi) is 2.81. The van der Waals surface area contributed by atoms with Crippen LogP contribution >= 0.6 is 0 Å². The van der Waals surface area contributed by atoms with E-state index in [-0.39, 0.29) is 23.7 Å². The van der Waals surface area contributed by atoms with Gasteiger partial charge in [-0.25, -0.2) is 0 Å². The van der Waals surface area contributed by atoms with Crippen LogP contribution in [0.4, 0.5) is 0 Å². The number of benzene rings is 1. The van der Waals surface area contributed by atoms with Crippen LogP contribution < -0.4 is 5.56 Å². The van der Waals surface area contributed by atoms with E-state index < -0.39 is 5.79 Å². The van der Waals surface area contributed by atoms with E-state index in [0.717, 1.165) is 22.0 Å². The second-order valence-electron chi connectivity index (χ2n) is 6.90. The van der Waals surface area contributed by atoms with E-state index in [1.165, 1.54) is 0 Å². The molecule has 1 saturated heterocycles. The standard InChI is InChI=1S/C18H21NO3/c1-10-15-11-7-5-6-8-13(11)19(4)17(20)12(15)9-14-16(10)22-18(2,3)21-14/h5-8,10,14,16H,9H2,1-4H3/t10-,14-,16+/m0/s1. The number of ether oxygens (including phenoxy) is 2. The fraction of sp³-hybridized carbons (Fsp3) is 0.500. The third kappa shape index (κ3) is 1.80. The van der Waals surface area contributed by atoms with Gasteiger partial charge in [0.15, 0.2) is 5.79 Å². The molecule has 0 saturated carbocycles. The van der Waals surface area contributed by atoms with Gasteiger partial charge in [0.2, 0.25) is 0 Å². The van der Waals surface area contributed by atoms with Crippen LogP contribution in [0.25, 0.3) is 10.9 Å². The summed E-state index contributed by atoms with van der Waals surface area (Å²) >= 11 is 0. The molecule has 0 amide bonds. The van der Waals surface area contributed by atoms with Gasteiger partial charge in [0, 0.05) is 30.3 Å². The molecule has 4 rings (SSSR count). The van der Waals surface area contributed by atoms with E-state index in [0.29, 0.717) is 6.42 Å². The predicted octanol–water partition coefficient (Wildman–Crippen LogP) is 2.72. The first kappa shape index (κ1) is 14.0. The lowest BCUT2D eigenvalue weighted by atomic mass is 9.79. The first-order chi connectivity index (χ1) is 10.4. The maximum absolute atomic E-state index is 12.8. The van der Waals surface area contributed by atoms with Crippen molar-refractivity contribution < 1.29 is 9.47 Å². The monoisotopic (exact) mass is 299 g/mol. The van der Waals surface area contributed by atoms with Crippen molar-refractivity contribution in [3.8, 4) is 0 Å². The van der Waals surface area contributed by atoms with Crippen LogP contribution in [-0.4, -0.2) is 22.6 Å². The molecule has 1 aliphatic heterocycles. The number of aromatic nitrogens is 1. The van der Waals surface area contributed by atoms with Crippen LogP contribution in [0, 0.1) is 0 Å². The maximum Gasteiger partial charge on any atom is 0.254 e. The van der Waals surface area contributed by atoms with Crippen molar-refractivity contribution in [3.05, 3.63) is 45.7 Å². The van der Waals surface area contributed by atoms with E-state index >= 15 is 0 Å². The van der Waals surface area contributed by atoms with Gasteiger partial charge in [-0.05, 0) is 25.5 Å². The van der Waals surface area contributed by atoms with Crippen molar-refractivity contribution in [1.29, 1.82) is 0 Å². The number of hydrogen-bond acceptors (Lipinski definition) is 3. The molecule has 0 unspecified atom stereocenters. The van der Waals surface area contributed by atoms with Crippen molar-refractivity contribution in [2.24, 2.45) is 7.05 Å². The summed E-state index contributed by atoms with van der Waals surface area (Å²) in [6, 6.07) is 8.11. The minimum Gasteiger partial charge on any atom is -0.344 e. The molecular formula is C18H21NO3. The van der Waals surface area contributed by atoms with Crippen molar-refractivity contribution >= 4 is 10.9 Å². The van der Waals surface area contributed by atoms with Crippen LogP contribution in [0.3, 0.4) is 0 Å². The fourth-order valence-electron chi connectivity index (χ4n) is 4.11. The Morgan fingerprint density at radius 3 is 2.73 bits per heavy atom. The zero-order valence-corrected chi connectivity index (χ0v) is 13.4. The number of rotatable bonds is 0. The lowest BCUT2D eigenvalue weighted by Crippen LogP contribution is -2.39. The number of aryl methyl sites for hydroxylation is 1. The topological polar surface area (TPSA) is 40.5 Å². The molecule has 0 spiro atoms. The van der Waals surface area contributed by atoms with Gasteiger partial charge in [-0.2, -0.15) is 0 Å². The summed E-state index contributed by atoms with van der Waals surface area (Å²) < 4.78 is 13.9. The summed E-state index contributed by atoms with van der Waals surface area (Å²) in [5.41, 5.74) is 3.10. The largest absolute Gasteiger partial charge is 0.344 e. The molecule has 1 aromatic carbocycles. The van der Waals surface area contributed by atoms with Crippen LogP contribution in [-0.2, 0) is 22.9 Å². The molecule has 1 aromatic heterocycles. The van der Waals surface area contributed by atoms with Gasteiger partial charge in [0.05, 0.1) is 17.7 Å². The molecule has 116 valence electrons. The Hall–Kier alpha value is -1.65. The predicted molar refractivity (Wildman–Crippen MR) is 85.1 cm³/mol. The fourth-order valence-corrected chi connectivity index (χ4v) is 4.11. The van der Waals surface area contributed by atoms with Crippen LogP contribution in [0.5, 0.6) is 0 Å². The molecule has 2 aliphatic rings. The van der Waals surface area contributed by atoms with Crippen LogP contribution in [0.15, 0.2) is 29.1 Å². The number of pyridine rings is 1. The van der Waals surface area contributed by atoms with E-state index in [1.54, 1.807) is 4.57 Å². The van der Waals surface area contributed by atoms with Crippen molar-refractivity contribution in [2.75, 3.05) is 0 Å². The normalized spacial score (nSPS) is 29.4. The number of nitrogens with zero attached hydrogens (tertiary/aromatic N) is 1. The summed E-state index contributed by atoms with van der Waals surface area (Å²) in [6.45, 7) is 6.03. The molecule has 4 heteroatoms. The van der Waals surface area contributed by atoms with Crippen LogP contribution in [0.2, 0.25) is 0 Å². The zero-order chi connectivity index (χ0) is 15.6. The molecule has 0 N–H and O–H groups in total. The SMILES string of the molecule is C[C@H]1c2c(c(=O)n(C)c3ccccc23)C[C@@H]2OC(C)(C)O[C@@H]21. The van der Waals surface area contributed by atoms with Gasteiger partial charge in [0.1, 0.15) is 0 Å². The molecule has 1 fully saturated rings. The zero-order valence-electron chi connectivity index (χ0n) is 13.4. The van der Waals surface area contributed by atoms with E-state index in [9.17, 15) is 4.79 Å². The Morgan fingerprint density at radius 2 is 1.95 bits per heavy atom. The Morgan fingerprint density at radius 1 is 1.23 bits per heavy atom. The number of para-hydroxylation sites is 1. The Labute approximate surface area is 129 Å². The first-order valence-corrected chi connectivity index (χ1v) is 7.85. The summed E-state index contributed by atoms with van der Waals surface area (Å²) in [5, 5.41) is 1.15. The summed E-state index contributed by atoms with van der Waals surface area (Å²) in [7, 11) is 1.84. The quantitative estimate of drug-likeness (QED) is 0.751. The van der Waals surface area contributed by atoms with Crippen molar-refractivity contribution in [1.82, 2.24) is 4.57 Å². The average Bonchev–Trinajstić information content (AvgIpc) is 2.79. The van der Waals surface area contributed by atoms with Gasteiger partial charge in [0.25, 0.3) is 5.56 Å². The van der Waals surface area contributed by atoms with E-state index in [1.807, 2.05) is 39.1 Å². The third-order valence-corrected chi connectivity index (χ3v) is 5.02.